The minimum absolute atomic E-state index is 0.188. The van der Waals surface area contributed by atoms with Crippen molar-refractivity contribution in [3.8, 4) is 11.1 Å². The topological polar surface area (TPSA) is 63.2 Å². The van der Waals surface area contributed by atoms with Gasteiger partial charge in [0.2, 0.25) is 6.41 Å². The summed E-state index contributed by atoms with van der Waals surface area (Å²) >= 11 is 0. The van der Waals surface area contributed by atoms with E-state index in [9.17, 15) is 9.59 Å². The molecule has 0 unspecified atom stereocenters. The highest BCUT2D eigenvalue weighted by molar-refractivity contribution is 5.69. The largest absolute Gasteiger partial charge is 0.459 e. The molecule has 120 valence electrons. The fourth-order valence-corrected chi connectivity index (χ4v) is 2.06. The first-order valence-electron chi connectivity index (χ1n) is 7.46. The Kier molecular flexibility index (Phi) is 6.23. The third kappa shape index (κ3) is 5.50. The number of nitrogens with one attached hydrogen (secondary N) is 1. The van der Waals surface area contributed by atoms with E-state index in [1.54, 1.807) is 0 Å². The van der Waals surface area contributed by atoms with Crippen LogP contribution in [0.4, 0.5) is 0 Å². The van der Waals surface area contributed by atoms with E-state index >= 15 is 0 Å². The molecule has 2 heterocycles. The van der Waals surface area contributed by atoms with Crippen LogP contribution in [0.15, 0.2) is 49.1 Å². The van der Waals surface area contributed by atoms with Gasteiger partial charge in [-0.25, -0.2) is 9.13 Å². The summed E-state index contributed by atoms with van der Waals surface area (Å²) in [5, 5.41) is 2.42. The second-order valence-electron chi connectivity index (χ2n) is 5.12. The number of carbonyl (C=O) groups is 2. The molecule has 1 N–H and O–H groups in total. The van der Waals surface area contributed by atoms with Crippen molar-refractivity contribution in [3.05, 3.63) is 49.1 Å². The molecule has 0 saturated heterocycles. The van der Waals surface area contributed by atoms with E-state index in [-0.39, 0.29) is 12.4 Å². The summed E-state index contributed by atoms with van der Waals surface area (Å²) in [4.78, 5) is 21.4. The Balaban J connectivity index is 1.80. The van der Waals surface area contributed by atoms with Gasteiger partial charge in [-0.05, 0) is 11.1 Å². The van der Waals surface area contributed by atoms with Gasteiger partial charge in [-0.3, -0.25) is 9.59 Å². The number of rotatable bonds is 8. The van der Waals surface area contributed by atoms with Crippen molar-refractivity contribution in [2.24, 2.45) is 7.05 Å². The van der Waals surface area contributed by atoms with Crippen molar-refractivity contribution >= 4 is 12.4 Å². The lowest BCUT2D eigenvalue weighted by Gasteiger charge is -2.03. The van der Waals surface area contributed by atoms with E-state index in [4.69, 9.17) is 4.74 Å². The molecule has 1 amide bonds. The van der Waals surface area contributed by atoms with E-state index in [0.717, 1.165) is 11.1 Å². The highest BCUT2D eigenvalue weighted by atomic mass is 16.5. The minimum atomic E-state index is -0.311. The number of esters is 1. The predicted molar refractivity (Wildman–Crippen MR) is 82.9 cm³/mol. The Morgan fingerprint density at radius 1 is 1.13 bits per heavy atom. The summed E-state index contributed by atoms with van der Waals surface area (Å²) in [5.41, 5.74) is 2.29. The van der Waals surface area contributed by atoms with Gasteiger partial charge in [0.1, 0.15) is 7.05 Å². The molecule has 0 atom stereocenters. The molecule has 0 radical (unpaired) electrons. The van der Waals surface area contributed by atoms with Gasteiger partial charge >= 0.3 is 5.97 Å². The summed E-state index contributed by atoms with van der Waals surface area (Å²) < 4.78 is 9.06. The minimum Gasteiger partial charge on any atom is -0.459 e. The highest BCUT2D eigenvalue weighted by Crippen LogP contribution is 2.15. The van der Waals surface area contributed by atoms with E-state index in [1.807, 2.05) is 53.1 Å². The van der Waals surface area contributed by atoms with Crippen LogP contribution in [0.2, 0.25) is 0 Å². The summed E-state index contributed by atoms with van der Waals surface area (Å²) in [6.45, 7) is 1.21. The van der Waals surface area contributed by atoms with Crippen molar-refractivity contribution in [3.63, 3.8) is 0 Å². The van der Waals surface area contributed by atoms with Crippen LogP contribution in [0.5, 0.6) is 0 Å². The first kappa shape index (κ1) is 16.6. The number of aromatic nitrogens is 2. The SMILES string of the molecule is C[n+]1ccc(-c2cc[n+](CCOC(=O)CCNC=O)cc2)cc1. The van der Waals surface area contributed by atoms with Crippen molar-refractivity contribution in [2.45, 2.75) is 13.0 Å². The average Bonchev–Trinajstić information content (AvgIpc) is 2.57. The van der Waals surface area contributed by atoms with Gasteiger partial charge in [0.05, 0.1) is 6.42 Å². The van der Waals surface area contributed by atoms with Crippen LogP contribution >= 0.6 is 0 Å². The fourth-order valence-electron chi connectivity index (χ4n) is 2.06. The third-order valence-corrected chi connectivity index (χ3v) is 3.37. The Morgan fingerprint density at radius 3 is 2.35 bits per heavy atom. The maximum Gasteiger partial charge on any atom is 0.307 e. The van der Waals surface area contributed by atoms with Crippen LogP contribution in [-0.4, -0.2) is 25.5 Å². The van der Waals surface area contributed by atoms with E-state index < -0.39 is 0 Å². The zero-order valence-corrected chi connectivity index (χ0v) is 13.1. The third-order valence-electron chi connectivity index (χ3n) is 3.37. The van der Waals surface area contributed by atoms with Crippen LogP contribution < -0.4 is 14.5 Å². The molecular weight excluding hydrogens is 294 g/mol. The number of aryl methyl sites for hydroxylation is 1. The molecule has 0 spiro atoms. The van der Waals surface area contributed by atoms with Crippen molar-refractivity contribution < 1.29 is 23.5 Å². The van der Waals surface area contributed by atoms with Crippen LogP contribution in [0.3, 0.4) is 0 Å². The number of pyridine rings is 2. The van der Waals surface area contributed by atoms with Gasteiger partial charge in [0, 0.05) is 30.8 Å². The van der Waals surface area contributed by atoms with Crippen LogP contribution in [0, 0.1) is 0 Å². The first-order chi connectivity index (χ1) is 11.2. The smallest absolute Gasteiger partial charge is 0.307 e. The summed E-state index contributed by atoms with van der Waals surface area (Å²) in [6.07, 6.45) is 8.70. The molecular formula is C17H21N3O3+2. The zero-order chi connectivity index (χ0) is 16.5. The van der Waals surface area contributed by atoms with Gasteiger partial charge in [0.25, 0.3) is 0 Å². The molecule has 0 bridgehead atoms. The molecule has 23 heavy (non-hydrogen) atoms. The zero-order valence-electron chi connectivity index (χ0n) is 13.1. The summed E-state index contributed by atoms with van der Waals surface area (Å²) in [7, 11) is 1.99. The number of hydrogen-bond donors (Lipinski definition) is 1. The maximum atomic E-state index is 11.4. The fraction of sp³-hybridized carbons (Fsp3) is 0.294. The predicted octanol–water partition coefficient (Wildman–Crippen LogP) is 0.145. The second-order valence-corrected chi connectivity index (χ2v) is 5.12. The number of ether oxygens (including phenoxy) is 1. The molecule has 2 aromatic rings. The number of hydrogen-bond acceptors (Lipinski definition) is 3. The molecule has 0 aliphatic heterocycles. The standard InChI is InChI=1S/C17H20N3O3/c1-19-8-3-15(4-9-19)16-5-10-20(11-6-16)12-13-23-17(22)2-7-18-14-21/h3-6,8-11,14H,2,7,12-13H2,1H3/q+1/p+1. The van der Waals surface area contributed by atoms with Gasteiger partial charge in [-0.15, -0.1) is 0 Å². The van der Waals surface area contributed by atoms with Crippen LogP contribution in [0.1, 0.15) is 6.42 Å². The van der Waals surface area contributed by atoms with E-state index in [0.29, 0.717) is 26.1 Å². The van der Waals surface area contributed by atoms with Gasteiger partial charge in [-0.1, -0.05) is 0 Å². The highest BCUT2D eigenvalue weighted by Gasteiger charge is 2.06. The van der Waals surface area contributed by atoms with Crippen LogP contribution in [-0.2, 0) is 27.9 Å². The average molecular weight is 315 g/mol. The van der Waals surface area contributed by atoms with Crippen molar-refractivity contribution in [1.29, 1.82) is 0 Å². The van der Waals surface area contributed by atoms with E-state index in [2.05, 4.69) is 17.4 Å². The molecule has 0 aromatic carbocycles. The van der Waals surface area contributed by atoms with Gasteiger partial charge in [0.15, 0.2) is 37.9 Å². The van der Waals surface area contributed by atoms with Gasteiger partial charge in [-0.2, -0.15) is 0 Å². The lowest BCUT2D eigenvalue weighted by Crippen LogP contribution is -2.35. The monoisotopic (exact) mass is 315 g/mol. The van der Waals surface area contributed by atoms with Crippen LogP contribution in [0.25, 0.3) is 11.1 Å². The molecule has 0 aliphatic carbocycles. The van der Waals surface area contributed by atoms with E-state index in [1.165, 1.54) is 0 Å². The number of carbonyl (C=O) groups excluding carboxylic acids is 2. The van der Waals surface area contributed by atoms with Crippen molar-refractivity contribution in [2.75, 3.05) is 13.2 Å². The lowest BCUT2D eigenvalue weighted by molar-refractivity contribution is -0.697. The molecule has 0 fully saturated rings. The summed E-state index contributed by atoms with van der Waals surface area (Å²) in [6, 6.07) is 8.19. The quantitative estimate of drug-likeness (QED) is 0.326. The normalized spacial score (nSPS) is 10.1. The molecule has 0 saturated carbocycles. The Hall–Kier alpha value is -2.76. The Labute approximate surface area is 135 Å². The molecule has 2 aromatic heterocycles. The summed E-state index contributed by atoms with van der Waals surface area (Å²) in [5.74, 6) is -0.311. The molecule has 6 nitrogen and oxygen atoms in total. The number of nitrogens with zero attached hydrogens (tertiary/aromatic N) is 2. The molecule has 2 rings (SSSR count). The maximum absolute atomic E-state index is 11.4. The Morgan fingerprint density at radius 2 is 1.74 bits per heavy atom. The number of amides is 1. The second kappa shape index (κ2) is 8.63. The first-order valence-corrected chi connectivity index (χ1v) is 7.46. The van der Waals surface area contributed by atoms with Crippen molar-refractivity contribution in [1.82, 2.24) is 5.32 Å². The molecule has 6 heteroatoms. The molecule has 0 aliphatic rings. The Bertz CT molecular complexity index is 639. The lowest BCUT2D eigenvalue weighted by atomic mass is 10.1. The van der Waals surface area contributed by atoms with Gasteiger partial charge < -0.3 is 10.1 Å².